The lowest BCUT2D eigenvalue weighted by Crippen LogP contribution is -2.61. The maximum atomic E-state index is 14.6. The van der Waals surface area contributed by atoms with Gasteiger partial charge in [-0.3, -0.25) is 25.2 Å². The van der Waals surface area contributed by atoms with Gasteiger partial charge in [-0.1, -0.05) is 60.7 Å². The van der Waals surface area contributed by atoms with E-state index in [0.29, 0.717) is 51.6 Å². The van der Waals surface area contributed by atoms with Crippen LogP contribution < -0.4 is 33.6 Å². The minimum absolute atomic E-state index is 0.0846. The quantitative estimate of drug-likeness (QED) is 0.0301. The van der Waals surface area contributed by atoms with Crippen molar-refractivity contribution in [1.29, 1.82) is 10.8 Å². The van der Waals surface area contributed by atoms with E-state index in [1.54, 1.807) is 0 Å². The average Bonchev–Trinajstić information content (AvgIpc) is 3.04. The lowest BCUT2D eigenvalue weighted by Gasteiger charge is -2.36. The molecule has 2 rings (SSSR count). The van der Waals surface area contributed by atoms with Gasteiger partial charge in [0.1, 0.15) is 0 Å². The third-order valence-electron chi connectivity index (χ3n) is 7.85. The van der Waals surface area contributed by atoms with Crippen LogP contribution >= 0.6 is 23.2 Å². The third-order valence-corrected chi connectivity index (χ3v) is 8.94. The van der Waals surface area contributed by atoms with Gasteiger partial charge in [-0.15, -0.1) is 23.2 Å². The van der Waals surface area contributed by atoms with E-state index < -0.39 is 39.2 Å². The maximum absolute atomic E-state index is 14.6. The number of rotatable bonds is 22. The van der Waals surface area contributed by atoms with Crippen molar-refractivity contribution in [3.8, 4) is 0 Å². The van der Waals surface area contributed by atoms with Gasteiger partial charge < -0.3 is 33.6 Å². The summed E-state index contributed by atoms with van der Waals surface area (Å²) in [6.07, 6.45) is 2.73. The molecule has 0 aliphatic rings. The number of alkyl halides is 2. The van der Waals surface area contributed by atoms with Crippen molar-refractivity contribution in [3.05, 3.63) is 71.8 Å². The summed E-state index contributed by atoms with van der Waals surface area (Å²) in [5.41, 5.74) is 25.3. The first kappa shape index (κ1) is 38.7. The number of halogens is 2. The van der Waals surface area contributed by atoms with Gasteiger partial charge in [0.2, 0.25) is 0 Å². The highest BCUT2D eigenvalue weighted by molar-refractivity contribution is 6.58. The molecule has 4 atom stereocenters. The number of aryl methyl sites for hydroxylation is 2. The summed E-state index contributed by atoms with van der Waals surface area (Å²) in [5.74, 6) is -2.76. The Kier molecular flexibility index (Phi) is 16.2. The Morgan fingerprint density at radius 3 is 1.33 bits per heavy atom. The summed E-state index contributed by atoms with van der Waals surface area (Å²) in [6.45, 7) is 0.608. The van der Waals surface area contributed by atoms with E-state index in [4.69, 9.17) is 57.0 Å². The molecule has 0 amide bonds. The predicted molar refractivity (Wildman–Crippen MR) is 185 cm³/mol. The Morgan fingerprint density at radius 2 is 1.00 bits per heavy atom. The Morgan fingerprint density at radius 1 is 0.652 bits per heavy atom. The predicted octanol–water partition coefficient (Wildman–Crippen LogP) is 2.88. The van der Waals surface area contributed by atoms with E-state index >= 15 is 0 Å². The largest absolute Gasteiger partial charge is 0.370 e. The Labute approximate surface area is 281 Å². The van der Waals surface area contributed by atoms with Gasteiger partial charge in [0, 0.05) is 13.1 Å². The zero-order chi connectivity index (χ0) is 34.2. The number of carbonyl (C=O) groups excluding carboxylic acids is 3. The zero-order valence-corrected chi connectivity index (χ0v) is 27.7. The van der Waals surface area contributed by atoms with Crippen molar-refractivity contribution in [2.45, 2.75) is 86.0 Å². The molecule has 0 saturated heterocycles. The van der Waals surface area contributed by atoms with Crippen LogP contribution in [0.15, 0.2) is 60.7 Å². The normalized spacial score (nSPS) is 15.0. The molecule has 0 aliphatic heterocycles. The molecule has 2 aromatic carbocycles. The van der Waals surface area contributed by atoms with Crippen LogP contribution in [0.2, 0.25) is 0 Å². The summed E-state index contributed by atoms with van der Waals surface area (Å²) in [7, 11) is 0. The molecule has 46 heavy (non-hydrogen) atoms. The molecular weight excluding hydrogens is 627 g/mol. The molecule has 0 spiro atoms. The van der Waals surface area contributed by atoms with Crippen LogP contribution in [-0.4, -0.2) is 64.2 Å². The number of hydrogen-bond donors (Lipinski definition) is 8. The SMILES string of the molecule is N=C(N)NCCC[C@H](N)C(=O)C(Cl)(CCCc1ccccc1)C(=O)C(Cl)(CCCc1ccccc1)C(=O)[C@@H](N)CCCNC(=N)N. The lowest BCUT2D eigenvalue weighted by atomic mass is 9.76. The molecule has 0 aromatic heterocycles. The molecule has 0 bridgehead atoms. The molecule has 0 heterocycles. The fraction of sp³-hybridized carbons (Fsp3) is 0.485. The Hall–Kier alpha value is -3.51. The molecule has 2 unspecified atom stereocenters. The fourth-order valence-electron chi connectivity index (χ4n) is 5.31. The first-order valence-corrected chi connectivity index (χ1v) is 16.3. The minimum atomic E-state index is -2.18. The number of guanidine groups is 2. The topological polar surface area (TPSA) is 227 Å². The first-order valence-electron chi connectivity index (χ1n) is 15.6. The molecule has 0 aliphatic carbocycles. The summed E-state index contributed by atoms with van der Waals surface area (Å²) in [6, 6.07) is 16.9. The molecule has 0 fully saturated rings. The standard InChI is InChI=1S/C33H48Cl2N8O3/c34-32(19-7-15-23-11-3-1-4-12-23,27(44)25(36)17-9-21-42-30(38)39)29(46)33(35,20-8-16-24-13-5-2-6-14-24)28(45)26(37)18-10-22-43-31(40)41/h1-6,11-14,25-26H,7-10,15-22,36-37H2,(H4,38,39,42)(H4,40,41,43)/t25-,26-,32?,33?/m0/s1. The summed E-state index contributed by atoms with van der Waals surface area (Å²) in [5, 5.41) is 20.0. The van der Waals surface area contributed by atoms with Crippen molar-refractivity contribution in [3.63, 3.8) is 0 Å². The third kappa shape index (κ3) is 12.0. The molecule has 252 valence electrons. The molecule has 0 saturated carbocycles. The highest BCUT2D eigenvalue weighted by Crippen LogP contribution is 2.38. The summed E-state index contributed by atoms with van der Waals surface area (Å²) < 4.78 is 0. The van der Waals surface area contributed by atoms with E-state index in [1.807, 2.05) is 60.7 Å². The zero-order valence-electron chi connectivity index (χ0n) is 26.2. The second-order valence-electron chi connectivity index (χ2n) is 11.5. The molecule has 12 N–H and O–H groups in total. The van der Waals surface area contributed by atoms with Crippen molar-refractivity contribution in [2.75, 3.05) is 13.1 Å². The van der Waals surface area contributed by atoms with E-state index in [2.05, 4.69) is 10.6 Å². The van der Waals surface area contributed by atoms with Crippen molar-refractivity contribution in [2.24, 2.45) is 22.9 Å². The minimum Gasteiger partial charge on any atom is -0.370 e. The van der Waals surface area contributed by atoms with Crippen LogP contribution in [0.5, 0.6) is 0 Å². The van der Waals surface area contributed by atoms with Gasteiger partial charge in [-0.25, -0.2) is 0 Å². The lowest BCUT2D eigenvalue weighted by molar-refractivity contribution is -0.137. The van der Waals surface area contributed by atoms with Crippen LogP contribution in [0.1, 0.15) is 62.5 Å². The molecule has 13 heteroatoms. The van der Waals surface area contributed by atoms with Crippen molar-refractivity contribution >= 4 is 52.5 Å². The van der Waals surface area contributed by atoms with Gasteiger partial charge in [-0.2, -0.15) is 0 Å². The fourth-order valence-corrected chi connectivity index (χ4v) is 6.23. The highest BCUT2D eigenvalue weighted by atomic mass is 35.5. The highest BCUT2D eigenvalue weighted by Gasteiger charge is 2.57. The Bertz CT molecular complexity index is 1200. The van der Waals surface area contributed by atoms with Gasteiger partial charge >= 0.3 is 0 Å². The summed E-state index contributed by atoms with van der Waals surface area (Å²) >= 11 is 14.2. The molecule has 2 aromatic rings. The van der Waals surface area contributed by atoms with Gasteiger partial charge in [-0.05, 0) is 75.3 Å². The van der Waals surface area contributed by atoms with Crippen LogP contribution in [0.3, 0.4) is 0 Å². The first-order chi connectivity index (χ1) is 21.8. The van der Waals surface area contributed by atoms with E-state index in [-0.39, 0.29) is 37.6 Å². The second kappa shape index (κ2) is 19.2. The monoisotopic (exact) mass is 674 g/mol. The van der Waals surface area contributed by atoms with Gasteiger partial charge in [0.05, 0.1) is 12.1 Å². The Balaban J connectivity index is 2.39. The molecule has 11 nitrogen and oxygen atoms in total. The van der Waals surface area contributed by atoms with Gasteiger partial charge in [0.15, 0.2) is 39.0 Å². The average molecular weight is 676 g/mol. The smallest absolute Gasteiger partial charge is 0.189 e. The molecular formula is C33H48Cl2N8O3. The van der Waals surface area contributed by atoms with E-state index in [0.717, 1.165) is 11.1 Å². The van der Waals surface area contributed by atoms with E-state index in [9.17, 15) is 14.4 Å². The van der Waals surface area contributed by atoms with Crippen LogP contribution in [-0.2, 0) is 27.2 Å². The maximum Gasteiger partial charge on any atom is 0.189 e. The van der Waals surface area contributed by atoms with E-state index in [1.165, 1.54) is 0 Å². The van der Waals surface area contributed by atoms with Crippen molar-refractivity contribution in [1.82, 2.24) is 10.6 Å². The second-order valence-corrected chi connectivity index (χ2v) is 12.8. The van der Waals surface area contributed by atoms with Crippen LogP contribution in [0.4, 0.5) is 0 Å². The van der Waals surface area contributed by atoms with Crippen molar-refractivity contribution < 1.29 is 14.4 Å². The number of nitrogens with one attached hydrogen (secondary N) is 4. The number of nitrogens with two attached hydrogens (primary N) is 4. The number of Topliss-reactive ketones (excluding diaryl/α,β-unsaturated/α-hetero) is 3. The van der Waals surface area contributed by atoms with Crippen LogP contribution in [0, 0.1) is 10.8 Å². The van der Waals surface area contributed by atoms with Gasteiger partial charge in [0.25, 0.3) is 0 Å². The van der Waals surface area contributed by atoms with Crippen LogP contribution in [0.25, 0.3) is 0 Å². The number of carbonyl (C=O) groups is 3. The number of hydrogen-bond acceptors (Lipinski definition) is 7. The number of benzene rings is 2. The molecule has 0 radical (unpaired) electrons. The summed E-state index contributed by atoms with van der Waals surface area (Å²) in [4.78, 5) is 38.2. The number of ketones is 3.